The van der Waals surface area contributed by atoms with Crippen molar-refractivity contribution in [3.05, 3.63) is 59.5 Å². The van der Waals surface area contributed by atoms with Crippen LogP contribution in [0.1, 0.15) is 30.2 Å². The van der Waals surface area contributed by atoms with Gasteiger partial charge in [0.05, 0.1) is 12.8 Å². The lowest BCUT2D eigenvalue weighted by Gasteiger charge is -2.21. The van der Waals surface area contributed by atoms with Gasteiger partial charge in [-0.25, -0.2) is 0 Å². The highest BCUT2D eigenvalue weighted by Crippen LogP contribution is 2.08. The molecule has 0 aliphatic rings. The SMILES string of the molecule is CC(=O)N(CCC(=O)NCc1ccco1)Cc1ccc(C)cc1. The molecule has 0 saturated carbocycles. The van der Waals surface area contributed by atoms with E-state index in [9.17, 15) is 9.59 Å². The minimum atomic E-state index is -0.100. The number of hydrogen-bond acceptors (Lipinski definition) is 3. The Morgan fingerprint density at radius 3 is 2.52 bits per heavy atom. The lowest BCUT2D eigenvalue weighted by Crippen LogP contribution is -2.33. The highest BCUT2D eigenvalue weighted by Gasteiger charge is 2.12. The molecule has 1 aromatic carbocycles. The summed E-state index contributed by atoms with van der Waals surface area (Å²) in [5.41, 5.74) is 2.24. The Morgan fingerprint density at radius 2 is 1.91 bits per heavy atom. The molecule has 1 N–H and O–H groups in total. The Hall–Kier alpha value is -2.56. The van der Waals surface area contributed by atoms with E-state index in [0.717, 1.165) is 5.56 Å². The highest BCUT2D eigenvalue weighted by atomic mass is 16.3. The molecule has 5 nitrogen and oxygen atoms in total. The number of benzene rings is 1. The fraction of sp³-hybridized carbons (Fsp3) is 0.333. The van der Waals surface area contributed by atoms with Crippen LogP contribution < -0.4 is 5.32 Å². The molecular weight excluding hydrogens is 292 g/mol. The maximum atomic E-state index is 11.9. The Bertz CT molecular complexity index is 633. The molecule has 0 unspecified atom stereocenters. The molecule has 0 saturated heterocycles. The zero-order valence-electron chi connectivity index (χ0n) is 13.5. The molecule has 2 rings (SSSR count). The molecule has 5 heteroatoms. The lowest BCUT2D eigenvalue weighted by atomic mass is 10.1. The largest absolute Gasteiger partial charge is 0.467 e. The van der Waals surface area contributed by atoms with E-state index < -0.39 is 0 Å². The van der Waals surface area contributed by atoms with E-state index in [2.05, 4.69) is 5.32 Å². The molecule has 2 aromatic rings. The number of furan rings is 1. The molecule has 122 valence electrons. The van der Waals surface area contributed by atoms with Crippen LogP contribution >= 0.6 is 0 Å². The van der Waals surface area contributed by atoms with Crippen LogP contribution in [0.3, 0.4) is 0 Å². The van der Waals surface area contributed by atoms with Gasteiger partial charge < -0.3 is 14.6 Å². The summed E-state index contributed by atoms with van der Waals surface area (Å²) in [6, 6.07) is 11.6. The number of hydrogen-bond donors (Lipinski definition) is 1. The second-order valence-electron chi connectivity index (χ2n) is 5.53. The van der Waals surface area contributed by atoms with Gasteiger partial charge in [-0.1, -0.05) is 29.8 Å². The molecule has 1 heterocycles. The van der Waals surface area contributed by atoms with Gasteiger partial charge >= 0.3 is 0 Å². The van der Waals surface area contributed by atoms with Gasteiger partial charge in [-0.3, -0.25) is 9.59 Å². The molecule has 0 aliphatic heterocycles. The van der Waals surface area contributed by atoms with Crippen LogP contribution in [0.2, 0.25) is 0 Å². The van der Waals surface area contributed by atoms with Crippen LogP contribution in [0.4, 0.5) is 0 Å². The van der Waals surface area contributed by atoms with E-state index in [1.54, 1.807) is 23.3 Å². The van der Waals surface area contributed by atoms with Gasteiger partial charge in [0.2, 0.25) is 11.8 Å². The van der Waals surface area contributed by atoms with Gasteiger partial charge in [-0.15, -0.1) is 0 Å². The van der Waals surface area contributed by atoms with Crippen molar-refractivity contribution in [3.8, 4) is 0 Å². The van der Waals surface area contributed by atoms with Gasteiger partial charge in [0.1, 0.15) is 5.76 Å². The number of nitrogens with zero attached hydrogens (tertiary/aromatic N) is 1. The maximum absolute atomic E-state index is 11.9. The summed E-state index contributed by atoms with van der Waals surface area (Å²) in [5, 5.41) is 2.78. The summed E-state index contributed by atoms with van der Waals surface area (Å²) in [4.78, 5) is 25.3. The number of carbonyl (C=O) groups is 2. The molecule has 0 radical (unpaired) electrons. The second-order valence-corrected chi connectivity index (χ2v) is 5.53. The highest BCUT2D eigenvalue weighted by molar-refractivity contribution is 5.77. The molecule has 0 atom stereocenters. The molecule has 1 aromatic heterocycles. The minimum absolute atomic E-state index is 0.0376. The number of amides is 2. The molecule has 0 bridgehead atoms. The second kappa shape index (κ2) is 8.17. The van der Waals surface area contributed by atoms with Gasteiger partial charge in [0.15, 0.2) is 0 Å². The zero-order valence-corrected chi connectivity index (χ0v) is 13.5. The van der Waals surface area contributed by atoms with E-state index in [1.807, 2.05) is 31.2 Å². The summed E-state index contributed by atoms with van der Waals surface area (Å²) in [5.74, 6) is 0.572. The van der Waals surface area contributed by atoms with Crippen molar-refractivity contribution in [2.45, 2.75) is 33.4 Å². The average molecular weight is 314 g/mol. The molecule has 0 fully saturated rings. The Kier molecular flexibility index (Phi) is 5.97. The Balaban J connectivity index is 1.80. The normalized spacial score (nSPS) is 10.3. The van der Waals surface area contributed by atoms with E-state index in [-0.39, 0.29) is 18.2 Å². The number of rotatable bonds is 7. The van der Waals surface area contributed by atoms with Gasteiger partial charge in [0.25, 0.3) is 0 Å². The molecule has 0 spiro atoms. The molecule has 2 amide bonds. The smallest absolute Gasteiger partial charge is 0.222 e. The minimum Gasteiger partial charge on any atom is -0.467 e. The topological polar surface area (TPSA) is 62.6 Å². The summed E-state index contributed by atoms with van der Waals surface area (Å²) in [6.07, 6.45) is 1.84. The van der Waals surface area contributed by atoms with E-state index >= 15 is 0 Å². The number of carbonyl (C=O) groups excluding carboxylic acids is 2. The lowest BCUT2D eigenvalue weighted by molar-refractivity contribution is -0.130. The predicted molar refractivity (Wildman–Crippen MR) is 87.4 cm³/mol. The first-order chi connectivity index (χ1) is 11.0. The van der Waals surface area contributed by atoms with Gasteiger partial charge in [-0.2, -0.15) is 0 Å². The average Bonchev–Trinajstić information content (AvgIpc) is 3.04. The summed E-state index contributed by atoms with van der Waals surface area (Å²) in [7, 11) is 0. The predicted octanol–water partition coefficient (Wildman–Crippen LogP) is 2.64. The van der Waals surface area contributed by atoms with Crippen molar-refractivity contribution >= 4 is 11.8 Å². The van der Waals surface area contributed by atoms with Crippen molar-refractivity contribution in [2.75, 3.05) is 6.54 Å². The van der Waals surface area contributed by atoms with Crippen LogP contribution in [0.25, 0.3) is 0 Å². The van der Waals surface area contributed by atoms with Crippen LogP contribution in [-0.2, 0) is 22.7 Å². The Morgan fingerprint density at radius 1 is 1.17 bits per heavy atom. The third kappa shape index (κ3) is 5.62. The number of aryl methyl sites for hydroxylation is 1. The van der Waals surface area contributed by atoms with E-state index in [1.165, 1.54) is 12.5 Å². The first-order valence-electron chi connectivity index (χ1n) is 7.65. The first-order valence-corrected chi connectivity index (χ1v) is 7.65. The van der Waals surface area contributed by atoms with Crippen LogP contribution in [0.5, 0.6) is 0 Å². The van der Waals surface area contributed by atoms with Crippen LogP contribution in [-0.4, -0.2) is 23.3 Å². The fourth-order valence-electron chi connectivity index (χ4n) is 2.19. The fourth-order valence-corrected chi connectivity index (χ4v) is 2.19. The maximum Gasteiger partial charge on any atom is 0.222 e. The summed E-state index contributed by atoms with van der Waals surface area (Å²) >= 11 is 0. The molecule has 23 heavy (non-hydrogen) atoms. The van der Waals surface area contributed by atoms with Crippen molar-refractivity contribution in [1.82, 2.24) is 10.2 Å². The van der Waals surface area contributed by atoms with Crippen molar-refractivity contribution < 1.29 is 14.0 Å². The molecule has 0 aliphatic carbocycles. The van der Waals surface area contributed by atoms with Crippen molar-refractivity contribution in [1.29, 1.82) is 0 Å². The quantitative estimate of drug-likeness (QED) is 0.854. The third-order valence-corrected chi connectivity index (χ3v) is 3.59. The monoisotopic (exact) mass is 314 g/mol. The zero-order chi connectivity index (χ0) is 16.7. The third-order valence-electron chi connectivity index (χ3n) is 3.59. The number of nitrogens with one attached hydrogen (secondary N) is 1. The summed E-state index contributed by atoms with van der Waals surface area (Å²) in [6.45, 7) is 4.82. The van der Waals surface area contributed by atoms with E-state index in [4.69, 9.17) is 4.42 Å². The van der Waals surface area contributed by atoms with Crippen LogP contribution in [0, 0.1) is 6.92 Å². The summed E-state index contributed by atoms with van der Waals surface area (Å²) < 4.78 is 5.16. The van der Waals surface area contributed by atoms with Gasteiger partial charge in [0, 0.05) is 26.4 Å². The van der Waals surface area contributed by atoms with Crippen LogP contribution in [0.15, 0.2) is 47.1 Å². The molecular formula is C18H22N2O3. The van der Waals surface area contributed by atoms with Gasteiger partial charge in [-0.05, 0) is 24.6 Å². The Labute approximate surface area is 136 Å². The standard InChI is InChI=1S/C18H22N2O3/c1-14-5-7-16(8-6-14)13-20(15(2)21)10-9-18(22)19-12-17-4-3-11-23-17/h3-8,11H,9-10,12-13H2,1-2H3,(H,19,22). The first kappa shape index (κ1) is 16.8. The van der Waals surface area contributed by atoms with Crippen molar-refractivity contribution in [3.63, 3.8) is 0 Å². The van der Waals surface area contributed by atoms with Crippen molar-refractivity contribution in [2.24, 2.45) is 0 Å². The van der Waals surface area contributed by atoms with E-state index in [0.29, 0.717) is 25.4 Å².